The summed E-state index contributed by atoms with van der Waals surface area (Å²) in [5.41, 5.74) is 2.16. The molecule has 8 heteroatoms. The fourth-order valence-corrected chi connectivity index (χ4v) is 2.38. The molecule has 0 unspecified atom stereocenters. The Morgan fingerprint density at radius 1 is 1.27 bits per heavy atom. The van der Waals surface area contributed by atoms with Gasteiger partial charge in [-0.15, -0.1) is 5.10 Å². The molecule has 2 aromatic rings. The van der Waals surface area contributed by atoms with E-state index in [2.05, 4.69) is 20.7 Å². The summed E-state index contributed by atoms with van der Waals surface area (Å²) in [6.07, 6.45) is 3.65. The molecule has 2 rings (SSSR count). The van der Waals surface area contributed by atoms with Crippen molar-refractivity contribution in [2.24, 2.45) is 0 Å². The second kappa shape index (κ2) is 6.97. The van der Waals surface area contributed by atoms with Crippen molar-refractivity contribution in [3.05, 3.63) is 29.3 Å². The summed E-state index contributed by atoms with van der Waals surface area (Å²) >= 11 is 0. The van der Waals surface area contributed by atoms with Crippen molar-refractivity contribution >= 4 is 11.7 Å². The van der Waals surface area contributed by atoms with E-state index in [1.165, 1.54) is 6.92 Å². The smallest absolute Gasteiger partial charge is 0.221 e. The molecule has 2 aromatic heterocycles. The number of nitrogens with one attached hydrogen (secondary N) is 1. The highest BCUT2D eigenvalue weighted by Gasteiger charge is 2.15. The molecule has 0 saturated carbocycles. The third-order valence-electron chi connectivity index (χ3n) is 3.42. The summed E-state index contributed by atoms with van der Waals surface area (Å²) in [7, 11) is 0. The number of aromatic nitrogens is 5. The molecule has 22 heavy (non-hydrogen) atoms. The summed E-state index contributed by atoms with van der Waals surface area (Å²) in [6, 6.07) is 0. The van der Waals surface area contributed by atoms with Crippen molar-refractivity contribution in [1.29, 1.82) is 0 Å². The van der Waals surface area contributed by atoms with E-state index in [0.29, 0.717) is 37.3 Å². The molecule has 118 valence electrons. The number of ketones is 1. The number of carbonyl (C=O) groups is 2. The molecule has 0 fully saturated rings. The maximum atomic E-state index is 11.8. The zero-order chi connectivity index (χ0) is 16.1. The highest BCUT2D eigenvalue weighted by atomic mass is 16.1. The maximum Gasteiger partial charge on any atom is 0.221 e. The number of aryl methyl sites for hydroxylation is 2. The predicted octanol–water partition coefficient (Wildman–Crippen LogP) is 0.501. The van der Waals surface area contributed by atoms with Gasteiger partial charge in [0.15, 0.2) is 5.78 Å². The van der Waals surface area contributed by atoms with Crippen LogP contribution in [0.4, 0.5) is 0 Å². The molecule has 0 aliphatic rings. The molecular formula is C14H20N6O2. The number of hydrogen-bond acceptors (Lipinski definition) is 5. The SMILES string of the molecule is CC(=O)c1c(C)nn(CCC(=O)NCCn2ccnn2)c1C. The Labute approximate surface area is 128 Å². The molecule has 2 heterocycles. The highest BCUT2D eigenvalue weighted by Crippen LogP contribution is 2.13. The zero-order valence-electron chi connectivity index (χ0n) is 13.0. The van der Waals surface area contributed by atoms with Crippen molar-refractivity contribution in [2.75, 3.05) is 6.54 Å². The largest absolute Gasteiger partial charge is 0.354 e. The van der Waals surface area contributed by atoms with Crippen molar-refractivity contribution in [2.45, 2.75) is 40.3 Å². The Morgan fingerprint density at radius 2 is 2.05 bits per heavy atom. The molecule has 0 spiro atoms. The van der Waals surface area contributed by atoms with Gasteiger partial charge in [0.2, 0.25) is 5.91 Å². The van der Waals surface area contributed by atoms with Crippen molar-refractivity contribution in [3.8, 4) is 0 Å². The van der Waals surface area contributed by atoms with E-state index in [1.807, 2.05) is 6.92 Å². The van der Waals surface area contributed by atoms with Gasteiger partial charge in [0.05, 0.1) is 24.0 Å². The first-order valence-corrected chi connectivity index (χ1v) is 7.14. The topological polar surface area (TPSA) is 94.7 Å². The van der Waals surface area contributed by atoms with Crippen LogP contribution < -0.4 is 5.32 Å². The number of hydrogen-bond donors (Lipinski definition) is 1. The van der Waals surface area contributed by atoms with Gasteiger partial charge in [-0.2, -0.15) is 5.10 Å². The lowest BCUT2D eigenvalue weighted by molar-refractivity contribution is -0.121. The molecule has 0 aromatic carbocycles. The van der Waals surface area contributed by atoms with Gasteiger partial charge in [-0.05, 0) is 20.8 Å². The Bertz CT molecular complexity index is 659. The first-order chi connectivity index (χ1) is 10.5. The van der Waals surface area contributed by atoms with Crippen LogP contribution in [0.3, 0.4) is 0 Å². The molecule has 0 aliphatic carbocycles. The van der Waals surface area contributed by atoms with Gasteiger partial charge < -0.3 is 5.32 Å². The van der Waals surface area contributed by atoms with Gasteiger partial charge >= 0.3 is 0 Å². The van der Waals surface area contributed by atoms with Gasteiger partial charge in [-0.3, -0.25) is 19.0 Å². The first kappa shape index (κ1) is 15.9. The number of amides is 1. The Kier molecular flexibility index (Phi) is 5.03. The molecule has 0 atom stereocenters. The van der Waals surface area contributed by atoms with Crippen LogP contribution >= 0.6 is 0 Å². The van der Waals surface area contributed by atoms with Crippen molar-refractivity contribution < 1.29 is 9.59 Å². The van der Waals surface area contributed by atoms with E-state index in [-0.39, 0.29) is 11.7 Å². The van der Waals surface area contributed by atoms with Crippen LogP contribution in [0.25, 0.3) is 0 Å². The summed E-state index contributed by atoms with van der Waals surface area (Å²) in [5.74, 6) is -0.0597. The monoisotopic (exact) mass is 304 g/mol. The third kappa shape index (κ3) is 3.78. The fraction of sp³-hybridized carbons (Fsp3) is 0.500. The summed E-state index contributed by atoms with van der Waals surface area (Å²) in [4.78, 5) is 23.4. The summed E-state index contributed by atoms with van der Waals surface area (Å²) in [6.45, 7) is 6.71. The lowest BCUT2D eigenvalue weighted by Crippen LogP contribution is -2.28. The van der Waals surface area contributed by atoms with Gasteiger partial charge in [0, 0.05) is 31.4 Å². The third-order valence-corrected chi connectivity index (χ3v) is 3.42. The second-order valence-corrected chi connectivity index (χ2v) is 5.09. The van der Waals surface area contributed by atoms with Gasteiger partial charge in [-0.25, -0.2) is 0 Å². The van der Waals surface area contributed by atoms with Crippen molar-refractivity contribution in [1.82, 2.24) is 30.1 Å². The number of carbonyl (C=O) groups excluding carboxylic acids is 2. The molecular weight excluding hydrogens is 284 g/mol. The molecule has 0 saturated heterocycles. The van der Waals surface area contributed by atoms with Crippen LogP contribution in [0.15, 0.2) is 12.4 Å². The average Bonchev–Trinajstić information content (AvgIpc) is 3.05. The summed E-state index contributed by atoms with van der Waals surface area (Å²) < 4.78 is 3.36. The number of Topliss-reactive ketones (excluding diaryl/α,β-unsaturated/α-hetero) is 1. The molecule has 1 N–H and O–H groups in total. The van der Waals surface area contributed by atoms with E-state index in [1.54, 1.807) is 28.7 Å². The molecule has 0 bridgehead atoms. The van der Waals surface area contributed by atoms with E-state index in [4.69, 9.17) is 0 Å². The minimum atomic E-state index is -0.0583. The molecule has 0 radical (unpaired) electrons. The standard InChI is InChI=1S/C14H20N6O2/c1-10-14(12(3)21)11(2)20(17-10)7-4-13(22)15-5-8-19-9-6-16-18-19/h6,9H,4-5,7-8H2,1-3H3,(H,15,22). The molecule has 0 aliphatic heterocycles. The second-order valence-electron chi connectivity index (χ2n) is 5.09. The fourth-order valence-electron chi connectivity index (χ4n) is 2.38. The van der Waals surface area contributed by atoms with E-state index >= 15 is 0 Å². The van der Waals surface area contributed by atoms with Crippen LogP contribution in [0.5, 0.6) is 0 Å². The van der Waals surface area contributed by atoms with Crippen LogP contribution in [0.1, 0.15) is 35.1 Å². The Morgan fingerprint density at radius 3 is 2.64 bits per heavy atom. The Hall–Kier alpha value is -2.51. The van der Waals surface area contributed by atoms with Crippen LogP contribution in [0, 0.1) is 13.8 Å². The number of nitrogens with zero attached hydrogens (tertiary/aromatic N) is 5. The van der Waals surface area contributed by atoms with E-state index in [9.17, 15) is 9.59 Å². The lowest BCUT2D eigenvalue weighted by Gasteiger charge is -2.07. The maximum absolute atomic E-state index is 11.8. The van der Waals surface area contributed by atoms with E-state index in [0.717, 1.165) is 5.69 Å². The lowest BCUT2D eigenvalue weighted by atomic mass is 10.1. The quantitative estimate of drug-likeness (QED) is 0.752. The van der Waals surface area contributed by atoms with Gasteiger partial charge in [0.1, 0.15) is 0 Å². The van der Waals surface area contributed by atoms with Gasteiger partial charge in [0.25, 0.3) is 0 Å². The average molecular weight is 304 g/mol. The van der Waals surface area contributed by atoms with Gasteiger partial charge in [-0.1, -0.05) is 5.21 Å². The summed E-state index contributed by atoms with van der Waals surface area (Å²) in [5, 5.41) is 14.6. The minimum Gasteiger partial charge on any atom is -0.354 e. The molecule has 1 amide bonds. The zero-order valence-corrected chi connectivity index (χ0v) is 13.0. The minimum absolute atomic E-state index is 0.00136. The molecule has 8 nitrogen and oxygen atoms in total. The number of rotatable bonds is 7. The van der Waals surface area contributed by atoms with Crippen LogP contribution in [-0.4, -0.2) is 43.0 Å². The van der Waals surface area contributed by atoms with Crippen LogP contribution in [-0.2, 0) is 17.9 Å². The first-order valence-electron chi connectivity index (χ1n) is 7.14. The predicted molar refractivity (Wildman–Crippen MR) is 79.4 cm³/mol. The van der Waals surface area contributed by atoms with Crippen molar-refractivity contribution in [3.63, 3.8) is 0 Å². The highest BCUT2D eigenvalue weighted by molar-refractivity contribution is 5.96. The Balaban J connectivity index is 1.81. The van der Waals surface area contributed by atoms with Crippen LogP contribution in [0.2, 0.25) is 0 Å². The normalized spacial score (nSPS) is 10.7. The van der Waals surface area contributed by atoms with E-state index < -0.39 is 0 Å².